The van der Waals surface area contributed by atoms with Crippen molar-refractivity contribution in [1.82, 2.24) is 10.3 Å². The maximum Gasteiger partial charge on any atom is 0.251 e. The Hall–Kier alpha value is -2.68. The van der Waals surface area contributed by atoms with E-state index in [4.69, 9.17) is 0 Å². The van der Waals surface area contributed by atoms with Gasteiger partial charge in [0.2, 0.25) is 0 Å². The molecule has 1 amide bonds. The van der Waals surface area contributed by atoms with Crippen molar-refractivity contribution in [3.05, 3.63) is 78.0 Å². The van der Waals surface area contributed by atoms with E-state index in [0.717, 1.165) is 17.5 Å². The summed E-state index contributed by atoms with van der Waals surface area (Å²) >= 11 is 0. The Morgan fingerprint density at radius 3 is 2.52 bits per heavy atom. The van der Waals surface area contributed by atoms with Gasteiger partial charge in [-0.1, -0.05) is 36.4 Å². The minimum absolute atomic E-state index is 0.0692. The van der Waals surface area contributed by atoms with Gasteiger partial charge in [0.25, 0.3) is 5.91 Å². The topological polar surface area (TPSA) is 42.0 Å². The fraction of sp³-hybridized carbons (Fsp3) is 0.333. The average molecular weight is 356 g/mol. The van der Waals surface area contributed by atoms with Gasteiger partial charge in [-0.25, -0.2) is 0 Å². The molecule has 0 unspecified atom stereocenters. The molecule has 2 fully saturated rings. The number of hydrogen-bond acceptors (Lipinski definition) is 2. The molecule has 3 aromatic rings. The first-order valence-electron chi connectivity index (χ1n) is 9.95. The Bertz CT molecular complexity index is 969. The van der Waals surface area contributed by atoms with Crippen molar-refractivity contribution in [3.63, 3.8) is 0 Å². The van der Waals surface area contributed by atoms with Gasteiger partial charge in [0, 0.05) is 23.2 Å². The van der Waals surface area contributed by atoms with Crippen LogP contribution in [0.5, 0.6) is 0 Å². The monoisotopic (exact) mass is 356 g/mol. The highest BCUT2D eigenvalue weighted by Gasteiger charge is 2.55. The molecule has 0 saturated heterocycles. The van der Waals surface area contributed by atoms with E-state index >= 15 is 0 Å². The highest BCUT2D eigenvalue weighted by atomic mass is 16.1. The number of rotatable bonds is 3. The van der Waals surface area contributed by atoms with Crippen LogP contribution in [-0.2, 0) is 0 Å². The molecule has 5 rings (SSSR count). The van der Waals surface area contributed by atoms with Crippen LogP contribution in [0.4, 0.5) is 0 Å². The van der Waals surface area contributed by atoms with E-state index < -0.39 is 0 Å². The maximum atomic E-state index is 12.4. The zero-order chi connectivity index (χ0) is 18.3. The lowest BCUT2D eigenvalue weighted by Crippen LogP contribution is -2.31. The predicted octanol–water partition coefficient (Wildman–Crippen LogP) is 5.08. The number of carbonyl (C=O) groups is 1. The summed E-state index contributed by atoms with van der Waals surface area (Å²) in [6.07, 6.45) is 7.89. The summed E-state index contributed by atoms with van der Waals surface area (Å²) in [4.78, 5) is 16.9. The van der Waals surface area contributed by atoms with E-state index in [2.05, 4.69) is 40.6 Å². The number of pyridine rings is 1. The molecule has 0 radical (unpaired) electrons. The Morgan fingerprint density at radius 2 is 1.70 bits per heavy atom. The zero-order valence-electron chi connectivity index (χ0n) is 15.4. The Balaban J connectivity index is 1.25. The summed E-state index contributed by atoms with van der Waals surface area (Å²) in [5, 5.41) is 4.56. The SMILES string of the molecule is O=C(N[C@@H]1CC12CCC(c1ccnc3ccccc13)CC2)c1ccccc1. The third kappa shape index (κ3) is 3.01. The van der Waals surface area contributed by atoms with Gasteiger partial charge in [0.15, 0.2) is 0 Å². The van der Waals surface area contributed by atoms with Crippen LogP contribution >= 0.6 is 0 Å². The lowest BCUT2D eigenvalue weighted by molar-refractivity contribution is 0.0941. The molecular formula is C24H24N2O. The summed E-state index contributed by atoms with van der Waals surface area (Å²) in [5.41, 5.74) is 3.64. The van der Waals surface area contributed by atoms with Gasteiger partial charge < -0.3 is 5.32 Å². The molecule has 2 aromatic carbocycles. The zero-order valence-corrected chi connectivity index (χ0v) is 15.4. The minimum Gasteiger partial charge on any atom is -0.349 e. The van der Waals surface area contributed by atoms with Gasteiger partial charge in [-0.05, 0) is 73.3 Å². The molecule has 2 saturated carbocycles. The van der Waals surface area contributed by atoms with E-state index in [0.29, 0.717) is 17.4 Å². The minimum atomic E-state index is 0.0692. The fourth-order valence-corrected chi connectivity index (χ4v) is 4.91. The van der Waals surface area contributed by atoms with Crippen molar-refractivity contribution in [2.24, 2.45) is 5.41 Å². The smallest absolute Gasteiger partial charge is 0.251 e. The molecule has 2 aliphatic rings. The van der Waals surface area contributed by atoms with Crippen molar-refractivity contribution in [2.75, 3.05) is 0 Å². The van der Waals surface area contributed by atoms with Gasteiger partial charge in [-0.15, -0.1) is 0 Å². The largest absolute Gasteiger partial charge is 0.349 e. The van der Waals surface area contributed by atoms with E-state index in [1.54, 1.807) is 0 Å². The molecular weight excluding hydrogens is 332 g/mol. The summed E-state index contributed by atoms with van der Waals surface area (Å²) in [5.74, 6) is 0.675. The number of benzene rings is 2. The molecule has 1 spiro atoms. The van der Waals surface area contributed by atoms with Crippen LogP contribution in [0.1, 0.15) is 53.9 Å². The summed E-state index contributed by atoms with van der Waals surface area (Å²) in [6, 6.07) is 20.6. The second kappa shape index (κ2) is 6.49. The number of para-hydroxylation sites is 1. The molecule has 136 valence electrons. The van der Waals surface area contributed by atoms with Gasteiger partial charge >= 0.3 is 0 Å². The first-order chi connectivity index (χ1) is 13.3. The van der Waals surface area contributed by atoms with Crippen molar-refractivity contribution >= 4 is 16.8 Å². The van der Waals surface area contributed by atoms with Crippen LogP contribution in [0.15, 0.2) is 66.9 Å². The molecule has 3 heteroatoms. The van der Waals surface area contributed by atoms with Crippen LogP contribution < -0.4 is 5.32 Å². The third-order valence-electron chi connectivity index (χ3n) is 6.64. The molecule has 1 atom stereocenters. The Labute approximate surface area is 159 Å². The van der Waals surface area contributed by atoms with Crippen LogP contribution in [-0.4, -0.2) is 16.9 Å². The highest BCUT2D eigenvalue weighted by molar-refractivity contribution is 5.94. The number of carbonyl (C=O) groups excluding carboxylic acids is 1. The molecule has 0 bridgehead atoms. The maximum absolute atomic E-state index is 12.4. The highest BCUT2D eigenvalue weighted by Crippen LogP contribution is 2.59. The Kier molecular flexibility index (Phi) is 3.96. The molecule has 1 N–H and O–H groups in total. The fourth-order valence-electron chi connectivity index (χ4n) is 4.91. The van der Waals surface area contributed by atoms with Crippen molar-refractivity contribution in [1.29, 1.82) is 0 Å². The number of hydrogen-bond donors (Lipinski definition) is 1. The predicted molar refractivity (Wildman–Crippen MR) is 108 cm³/mol. The van der Waals surface area contributed by atoms with Crippen molar-refractivity contribution in [3.8, 4) is 0 Å². The van der Waals surface area contributed by atoms with Crippen LogP contribution in [0.2, 0.25) is 0 Å². The van der Waals surface area contributed by atoms with Crippen LogP contribution in [0, 0.1) is 5.41 Å². The Morgan fingerprint density at radius 1 is 0.963 bits per heavy atom. The standard InChI is InChI=1S/C24H24N2O/c27-23(18-6-2-1-3-7-18)26-22-16-24(22)13-10-17(11-14-24)19-12-15-25-21-9-5-4-8-20(19)21/h1-9,12,15,17,22H,10-11,13-14,16H2,(H,26,27)/t17?,22-,24?/m1/s1. The molecule has 1 heterocycles. The molecule has 1 aromatic heterocycles. The first kappa shape index (κ1) is 16.5. The van der Waals surface area contributed by atoms with Crippen molar-refractivity contribution in [2.45, 2.75) is 44.1 Å². The average Bonchev–Trinajstić information content (AvgIpc) is 3.39. The van der Waals surface area contributed by atoms with E-state index in [1.165, 1.54) is 36.6 Å². The van der Waals surface area contributed by atoms with Crippen molar-refractivity contribution < 1.29 is 4.79 Å². The van der Waals surface area contributed by atoms with Gasteiger partial charge in [0.1, 0.15) is 0 Å². The molecule has 2 aliphatic carbocycles. The number of aromatic nitrogens is 1. The lowest BCUT2D eigenvalue weighted by Gasteiger charge is -2.30. The first-order valence-corrected chi connectivity index (χ1v) is 9.95. The lowest BCUT2D eigenvalue weighted by atomic mass is 9.76. The third-order valence-corrected chi connectivity index (χ3v) is 6.64. The number of nitrogens with one attached hydrogen (secondary N) is 1. The van der Waals surface area contributed by atoms with Crippen LogP contribution in [0.25, 0.3) is 10.9 Å². The number of fused-ring (bicyclic) bond motifs is 1. The summed E-state index contributed by atoms with van der Waals surface area (Å²) < 4.78 is 0. The van der Waals surface area contributed by atoms with E-state index in [9.17, 15) is 4.79 Å². The number of amides is 1. The summed E-state index contributed by atoms with van der Waals surface area (Å²) in [7, 11) is 0. The molecule has 27 heavy (non-hydrogen) atoms. The van der Waals surface area contributed by atoms with Crippen LogP contribution in [0.3, 0.4) is 0 Å². The van der Waals surface area contributed by atoms with E-state index in [1.807, 2.05) is 36.5 Å². The van der Waals surface area contributed by atoms with Gasteiger partial charge in [-0.3, -0.25) is 9.78 Å². The summed E-state index contributed by atoms with van der Waals surface area (Å²) in [6.45, 7) is 0. The quantitative estimate of drug-likeness (QED) is 0.711. The second-order valence-electron chi connectivity index (χ2n) is 8.15. The molecule has 0 aliphatic heterocycles. The second-order valence-corrected chi connectivity index (χ2v) is 8.15. The van der Waals surface area contributed by atoms with E-state index in [-0.39, 0.29) is 5.91 Å². The number of nitrogens with zero attached hydrogens (tertiary/aromatic N) is 1. The van der Waals surface area contributed by atoms with Gasteiger partial charge in [0.05, 0.1) is 5.52 Å². The van der Waals surface area contributed by atoms with Gasteiger partial charge in [-0.2, -0.15) is 0 Å². The molecule has 3 nitrogen and oxygen atoms in total. The normalized spacial score (nSPS) is 26.8.